The Labute approximate surface area is 157 Å². The molecule has 3 aromatic rings. The van der Waals surface area contributed by atoms with Gasteiger partial charge in [-0.05, 0) is 30.2 Å². The van der Waals surface area contributed by atoms with Crippen LogP contribution in [-0.4, -0.2) is 18.1 Å². The average molecular weight is 364 g/mol. The number of halogens is 1. The van der Waals surface area contributed by atoms with Crippen LogP contribution in [0.25, 0.3) is 10.9 Å². The van der Waals surface area contributed by atoms with Crippen LogP contribution >= 0.6 is 11.6 Å². The lowest BCUT2D eigenvalue weighted by atomic mass is 9.95. The van der Waals surface area contributed by atoms with Crippen molar-refractivity contribution in [2.45, 2.75) is 12.5 Å². The minimum Gasteiger partial charge on any atom is -0.383 e. The van der Waals surface area contributed by atoms with Crippen molar-refractivity contribution in [2.75, 3.05) is 18.5 Å². The van der Waals surface area contributed by atoms with Crippen LogP contribution in [0.5, 0.6) is 0 Å². The van der Waals surface area contributed by atoms with E-state index in [9.17, 15) is 5.26 Å². The fourth-order valence-corrected chi connectivity index (χ4v) is 3.70. The fraction of sp³-hybridized carbons (Fsp3) is 0.238. The van der Waals surface area contributed by atoms with Gasteiger partial charge in [-0.2, -0.15) is 5.26 Å². The van der Waals surface area contributed by atoms with E-state index in [4.69, 9.17) is 16.3 Å². The maximum atomic E-state index is 9.48. The number of anilines is 1. The summed E-state index contributed by atoms with van der Waals surface area (Å²) in [6.45, 7) is 1.47. The zero-order valence-corrected chi connectivity index (χ0v) is 14.9. The average Bonchev–Trinajstić information content (AvgIpc) is 3.15. The maximum Gasteiger partial charge on any atom is 0.103 e. The standard InChI is InChI=1S/C21H18ClN3O/c22-17-6-7-19-18(10-17)20(16(11-23)13-24-19)25-12-15-8-9-26-21(15)14-4-2-1-3-5-14/h1-7,10,13,15,21H,8-9,12H2,(H,24,25). The number of hydrogen-bond donors (Lipinski definition) is 1. The first kappa shape index (κ1) is 16.8. The fourth-order valence-electron chi connectivity index (χ4n) is 3.53. The zero-order chi connectivity index (χ0) is 17.9. The van der Waals surface area contributed by atoms with Gasteiger partial charge in [-0.1, -0.05) is 41.9 Å². The molecule has 0 aliphatic carbocycles. The quantitative estimate of drug-likeness (QED) is 0.712. The number of benzene rings is 2. The van der Waals surface area contributed by atoms with Crippen LogP contribution in [0.15, 0.2) is 54.7 Å². The smallest absolute Gasteiger partial charge is 0.103 e. The van der Waals surface area contributed by atoms with Gasteiger partial charge in [0.05, 0.1) is 22.9 Å². The molecule has 2 heterocycles. The molecule has 1 fully saturated rings. The van der Waals surface area contributed by atoms with Crippen molar-refractivity contribution in [2.24, 2.45) is 5.92 Å². The third-order valence-corrected chi connectivity index (χ3v) is 5.07. The molecule has 4 nitrogen and oxygen atoms in total. The first-order valence-corrected chi connectivity index (χ1v) is 9.03. The summed E-state index contributed by atoms with van der Waals surface area (Å²) in [5, 5.41) is 14.5. The molecule has 0 spiro atoms. The molecule has 1 aromatic heterocycles. The lowest BCUT2D eigenvalue weighted by molar-refractivity contribution is 0.0933. The van der Waals surface area contributed by atoms with Crippen molar-refractivity contribution >= 4 is 28.2 Å². The molecule has 0 saturated carbocycles. The second-order valence-electron chi connectivity index (χ2n) is 6.45. The number of nitrogens with zero attached hydrogens (tertiary/aromatic N) is 2. The van der Waals surface area contributed by atoms with Gasteiger partial charge in [0.2, 0.25) is 0 Å². The van der Waals surface area contributed by atoms with Crippen LogP contribution in [0.4, 0.5) is 5.69 Å². The van der Waals surface area contributed by atoms with E-state index in [1.807, 2.05) is 36.4 Å². The van der Waals surface area contributed by atoms with Gasteiger partial charge in [0.15, 0.2) is 0 Å². The van der Waals surface area contributed by atoms with E-state index in [1.54, 1.807) is 6.20 Å². The van der Waals surface area contributed by atoms with Crippen molar-refractivity contribution in [1.29, 1.82) is 5.26 Å². The Morgan fingerprint density at radius 2 is 2.08 bits per heavy atom. The van der Waals surface area contributed by atoms with Crippen molar-refractivity contribution in [3.05, 3.63) is 70.9 Å². The first-order chi connectivity index (χ1) is 12.8. The third kappa shape index (κ3) is 3.24. The molecule has 2 aromatic carbocycles. The maximum absolute atomic E-state index is 9.48. The summed E-state index contributed by atoms with van der Waals surface area (Å²) < 4.78 is 5.96. The molecule has 1 aliphatic heterocycles. The normalized spacial score (nSPS) is 19.4. The highest BCUT2D eigenvalue weighted by molar-refractivity contribution is 6.31. The molecular weight excluding hydrogens is 346 g/mol. The predicted molar refractivity (Wildman–Crippen MR) is 103 cm³/mol. The van der Waals surface area contributed by atoms with Crippen LogP contribution in [0.2, 0.25) is 5.02 Å². The van der Waals surface area contributed by atoms with Crippen molar-refractivity contribution in [1.82, 2.24) is 4.98 Å². The van der Waals surface area contributed by atoms with Gasteiger partial charge in [-0.15, -0.1) is 0 Å². The Morgan fingerprint density at radius 1 is 1.23 bits per heavy atom. The number of aromatic nitrogens is 1. The summed E-state index contributed by atoms with van der Waals surface area (Å²) in [5.74, 6) is 0.339. The highest BCUT2D eigenvalue weighted by atomic mass is 35.5. The zero-order valence-electron chi connectivity index (χ0n) is 14.2. The monoisotopic (exact) mass is 363 g/mol. The molecule has 130 valence electrons. The molecule has 4 rings (SSSR count). The SMILES string of the molecule is N#Cc1cnc2ccc(Cl)cc2c1NCC1CCOC1c1ccccc1. The number of ether oxygens (including phenoxy) is 1. The minimum absolute atomic E-state index is 0.0749. The number of nitriles is 1. The van der Waals surface area contributed by atoms with E-state index in [2.05, 4.69) is 28.5 Å². The molecule has 1 saturated heterocycles. The third-order valence-electron chi connectivity index (χ3n) is 4.83. The van der Waals surface area contributed by atoms with Crippen LogP contribution in [0.3, 0.4) is 0 Å². The second-order valence-corrected chi connectivity index (χ2v) is 6.89. The molecule has 0 radical (unpaired) electrons. The van der Waals surface area contributed by atoms with E-state index in [0.717, 1.165) is 36.2 Å². The summed E-state index contributed by atoms with van der Waals surface area (Å²) in [6, 6.07) is 18.0. The molecule has 5 heteroatoms. The van der Waals surface area contributed by atoms with E-state index in [-0.39, 0.29) is 6.10 Å². The Bertz CT molecular complexity index is 968. The van der Waals surface area contributed by atoms with E-state index in [1.165, 1.54) is 5.56 Å². The van der Waals surface area contributed by atoms with Crippen LogP contribution in [0.1, 0.15) is 23.7 Å². The molecule has 2 unspecified atom stereocenters. The molecule has 2 atom stereocenters. The number of pyridine rings is 1. The Hall–Kier alpha value is -2.61. The predicted octanol–water partition coefficient (Wildman–Crippen LogP) is 4.95. The Balaban J connectivity index is 1.61. The highest BCUT2D eigenvalue weighted by Gasteiger charge is 2.29. The molecule has 0 amide bonds. The molecule has 0 bridgehead atoms. The minimum atomic E-state index is 0.0749. The van der Waals surface area contributed by atoms with Crippen molar-refractivity contribution in [3.63, 3.8) is 0 Å². The van der Waals surface area contributed by atoms with Gasteiger partial charge in [0.1, 0.15) is 6.07 Å². The summed E-state index contributed by atoms with van der Waals surface area (Å²) in [7, 11) is 0. The summed E-state index contributed by atoms with van der Waals surface area (Å²) >= 11 is 6.16. The number of nitrogens with one attached hydrogen (secondary N) is 1. The van der Waals surface area contributed by atoms with E-state index < -0.39 is 0 Å². The van der Waals surface area contributed by atoms with Crippen LogP contribution in [0, 0.1) is 17.2 Å². The number of hydrogen-bond acceptors (Lipinski definition) is 4. The highest BCUT2D eigenvalue weighted by Crippen LogP contribution is 2.35. The van der Waals surface area contributed by atoms with Crippen molar-refractivity contribution in [3.8, 4) is 6.07 Å². The van der Waals surface area contributed by atoms with Crippen molar-refractivity contribution < 1.29 is 4.74 Å². The van der Waals surface area contributed by atoms with Gasteiger partial charge >= 0.3 is 0 Å². The van der Waals surface area contributed by atoms with Crippen LogP contribution < -0.4 is 5.32 Å². The molecule has 1 N–H and O–H groups in total. The number of rotatable bonds is 4. The summed E-state index contributed by atoms with van der Waals surface area (Å²) in [4.78, 5) is 4.35. The van der Waals surface area contributed by atoms with E-state index in [0.29, 0.717) is 16.5 Å². The lowest BCUT2D eigenvalue weighted by Crippen LogP contribution is -2.18. The summed E-state index contributed by atoms with van der Waals surface area (Å²) in [5.41, 5.74) is 3.33. The molecular formula is C21H18ClN3O. The van der Waals surface area contributed by atoms with Gasteiger partial charge in [0, 0.05) is 35.7 Å². The van der Waals surface area contributed by atoms with Gasteiger partial charge in [0.25, 0.3) is 0 Å². The molecule has 26 heavy (non-hydrogen) atoms. The first-order valence-electron chi connectivity index (χ1n) is 8.65. The van der Waals surface area contributed by atoms with Gasteiger partial charge in [-0.3, -0.25) is 4.98 Å². The molecule has 1 aliphatic rings. The van der Waals surface area contributed by atoms with E-state index >= 15 is 0 Å². The summed E-state index contributed by atoms with van der Waals surface area (Å²) in [6.07, 6.45) is 2.67. The lowest BCUT2D eigenvalue weighted by Gasteiger charge is -2.21. The van der Waals surface area contributed by atoms with Gasteiger partial charge in [-0.25, -0.2) is 0 Å². The number of fused-ring (bicyclic) bond motifs is 1. The largest absolute Gasteiger partial charge is 0.383 e. The topological polar surface area (TPSA) is 57.9 Å². The van der Waals surface area contributed by atoms with Gasteiger partial charge < -0.3 is 10.1 Å². The Morgan fingerprint density at radius 3 is 2.88 bits per heavy atom. The second kappa shape index (κ2) is 7.33. The van der Waals surface area contributed by atoms with Crippen LogP contribution in [-0.2, 0) is 4.74 Å². The Kier molecular flexibility index (Phi) is 4.75.